The third-order valence-electron chi connectivity index (χ3n) is 3.24. The zero-order chi connectivity index (χ0) is 12.6. The van der Waals surface area contributed by atoms with Crippen LogP contribution < -0.4 is 10.6 Å². The van der Waals surface area contributed by atoms with Gasteiger partial charge in [0.15, 0.2) is 5.82 Å². The molecule has 1 unspecified atom stereocenters. The Bertz CT molecular complexity index is 328. The van der Waals surface area contributed by atoms with Crippen molar-refractivity contribution in [1.29, 1.82) is 0 Å². The molecule has 1 aliphatic rings. The highest BCUT2D eigenvalue weighted by molar-refractivity contribution is 4.87. The summed E-state index contributed by atoms with van der Waals surface area (Å²) in [6.07, 6.45) is 6.24. The Morgan fingerprint density at radius 1 is 1.33 bits per heavy atom. The van der Waals surface area contributed by atoms with Gasteiger partial charge in [0, 0.05) is 6.04 Å². The molecule has 1 fully saturated rings. The third kappa shape index (κ3) is 4.29. The lowest BCUT2D eigenvalue weighted by Crippen LogP contribution is -2.40. The lowest BCUT2D eigenvalue weighted by molar-refractivity contribution is 0.153. The first-order chi connectivity index (χ1) is 8.86. The van der Waals surface area contributed by atoms with E-state index in [9.17, 15) is 5.11 Å². The van der Waals surface area contributed by atoms with Gasteiger partial charge in [0.2, 0.25) is 0 Å². The van der Waals surface area contributed by atoms with Gasteiger partial charge in [-0.05, 0) is 45.3 Å². The van der Waals surface area contributed by atoms with Crippen molar-refractivity contribution >= 4 is 0 Å². The number of rotatable bonds is 6. The number of nitrogens with zero attached hydrogens (tertiary/aromatic N) is 3. The molecule has 6 nitrogen and oxygen atoms in total. The van der Waals surface area contributed by atoms with Crippen molar-refractivity contribution in [3.63, 3.8) is 0 Å². The van der Waals surface area contributed by atoms with Crippen LogP contribution in [0.25, 0.3) is 0 Å². The van der Waals surface area contributed by atoms with Crippen LogP contribution in [0.1, 0.15) is 37.6 Å². The average molecular weight is 251 g/mol. The van der Waals surface area contributed by atoms with E-state index < -0.39 is 6.10 Å². The smallest absolute Gasteiger partial charge is 0.160 e. The lowest BCUT2D eigenvalue weighted by atomic mass is 10.1. The molecule has 2 rings (SSSR count). The number of hydrogen-bond acceptors (Lipinski definition) is 6. The van der Waals surface area contributed by atoms with Gasteiger partial charge in [-0.3, -0.25) is 0 Å². The second-order valence-electron chi connectivity index (χ2n) is 4.63. The summed E-state index contributed by atoms with van der Waals surface area (Å²) in [5.41, 5.74) is 0. The molecule has 0 aromatic carbocycles. The first-order valence-electron chi connectivity index (χ1n) is 6.60. The van der Waals surface area contributed by atoms with Crippen LogP contribution in [0.2, 0.25) is 0 Å². The second-order valence-corrected chi connectivity index (χ2v) is 4.63. The number of hydrogen-bond donors (Lipinski definition) is 3. The maximum atomic E-state index is 9.87. The Kier molecular flexibility index (Phi) is 5.44. The number of aliphatic hydroxyl groups excluding tert-OH is 1. The van der Waals surface area contributed by atoms with Gasteiger partial charge < -0.3 is 15.7 Å². The fraction of sp³-hybridized carbons (Fsp3) is 0.750. The SMILES string of the molecule is OC(CCCNC1CCNCC1)c1ncncn1. The Labute approximate surface area is 107 Å². The summed E-state index contributed by atoms with van der Waals surface area (Å²) < 4.78 is 0. The van der Waals surface area contributed by atoms with Crippen LogP contribution in [-0.2, 0) is 0 Å². The van der Waals surface area contributed by atoms with Gasteiger partial charge in [-0.2, -0.15) is 0 Å². The lowest BCUT2D eigenvalue weighted by Gasteiger charge is -2.23. The molecule has 0 aliphatic carbocycles. The molecule has 0 radical (unpaired) electrons. The summed E-state index contributed by atoms with van der Waals surface area (Å²) in [6, 6.07) is 0.626. The topological polar surface area (TPSA) is 83.0 Å². The van der Waals surface area contributed by atoms with Crippen LogP contribution >= 0.6 is 0 Å². The summed E-state index contributed by atoms with van der Waals surface area (Å²) in [7, 11) is 0. The van der Waals surface area contributed by atoms with Crippen LogP contribution in [0.3, 0.4) is 0 Å². The fourth-order valence-electron chi connectivity index (χ4n) is 2.18. The van der Waals surface area contributed by atoms with Crippen molar-refractivity contribution in [1.82, 2.24) is 25.6 Å². The first-order valence-corrected chi connectivity index (χ1v) is 6.60. The van der Waals surface area contributed by atoms with E-state index >= 15 is 0 Å². The normalized spacial score (nSPS) is 18.7. The predicted octanol–water partition coefficient (Wildman–Crippen LogP) is 0.0268. The van der Waals surface area contributed by atoms with Gasteiger partial charge in [-0.1, -0.05) is 0 Å². The molecule has 1 aromatic rings. The van der Waals surface area contributed by atoms with Crippen LogP contribution in [0, 0.1) is 0 Å². The van der Waals surface area contributed by atoms with E-state index in [2.05, 4.69) is 25.6 Å². The van der Waals surface area contributed by atoms with Crippen molar-refractivity contribution in [3.8, 4) is 0 Å². The highest BCUT2D eigenvalue weighted by Gasteiger charge is 2.13. The van der Waals surface area contributed by atoms with Crippen molar-refractivity contribution < 1.29 is 5.11 Å². The minimum Gasteiger partial charge on any atom is -0.385 e. The van der Waals surface area contributed by atoms with Crippen LogP contribution in [0.5, 0.6) is 0 Å². The van der Waals surface area contributed by atoms with Gasteiger partial charge in [-0.25, -0.2) is 15.0 Å². The summed E-state index contributed by atoms with van der Waals surface area (Å²) >= 11 is 0. The molecule has 1 saturated heterocycles. The molecule has 100 valence electrons. The number of nitrogens with one attached hydrogen (secondary N) is 2. The molecule has 0 amide bonds. The number of aromatic nitrogens is 3. The summed E-state index contributed by atoms with van der Waals surface area (Å²) in [4.78, 5) is 11.6. The largest absolute Gasteiger partial charge is 0.385 e. The Morgan fingerprint density at radius 3 is 2.78 bits per heavy atom. The molecule has 3 N–H and O–H groups in total. The van der Waals surface area contributed by atoms with Crippen molar-refractivity contribution in [2.75, 3.05) is 19.6 Å². The van der Waals surface area contributed by atoms with E-state index in [0.717, 1.165) is 26.1 Å². The molecule has 6 heteroatoms. The molecule has 0 spiro atoms. The van der Waals surface area contributed by atoms with Crippen LogP contribution in [0.4, 0.5) is 0 Å². The molecule has 0 bridgehead atoms. The molecular weight excluding hydrogens is 230 g/mol. The average Bonchev–Trinajstić information content (AvgIpc) is 2.45. The number of aliphatic hydroxyl groups is 1. The summed E-state index contributed by atoms with van der Waals surface area (Å²) in [5.74, 6) is 0.465. The van der Waals surface area contributed by atoms with E-state index in [1.54, 1.807) is 0 Å². The van der Waals surface area contributed by atoms with E-state index in [0.29, 0.717) is 18.3 Å². The van der Waals surface area contributed by atoms with Crippen molar-refractivity contribution in [2.24, 2.45) is 0 Å². The van der Waals surface area contributed by atoms with Crippen LogP contribution in [-0.4, -0.2) is 45.7 Å². The van der Waals surface area contributed by atoms with Gasteiger partial charge >= 0.3 is 0 Å². The molecule has 1 atom stereocenters. The Morgan fingerprint density at radius 2 is 2.06 bits per heavy atom. The van der Waals surface area contributed by atoms with Gasteiger partial charge in [0.1, 0.15) is 18.8 Å². The Balaban J connectivity index is 1.60. The predicted molar refractivity (Wildman–Crippen MR) is 67.9 cm³/mol. The van der Waals surface area contributed by atoms with Gasteiger partial charge in [0.05, 0.1) is 0 Å². The van der Waals surface area contributed by atoms with Gasteiger partial charge in [-0.15, -0.1) is 0 Å². The molecule has 1 aliphatic heterocycles. The highest BCUT2D eigenvalue weighted by atomic mass is 16.3. The fourth-order valence-corrected chi connectivity index (χ4v) is 2.18. The third-order valence-corrected chi connectivity index (χ3v) is 3.24. The van der Waals surface area contributed by atoms with E-state index in [4.69, 9.17) is 0 Å². The van der Waals surface area contributed by atoms with Crippen molar-refractivity contribution in [2.45, 2.75) is 37.8 Å². The molecule has 18 heavy (non-hydrogen) atoms. The number of piperidine rings is 1. The standard InChI is InChI=1S/C12H21N5O/c18-11(12-16-8-14-9-17-12)2-1-5-15-10-3-6-13-7-4-10/h8-11,13,15,18H,1-7H2. The zero-order valence-electron chi connectivity index (χ0n) is 10.5. The molecule has 2 heterocycles. The maximum Gasteiger partial charge on any atom is 0.160 e. The maximum absolute atomic E-state index is 9.87. The minimum atomic E-state index is -0.581. The van der Waals surface area contributed by atoms with E-state index in [-0.39, 0.29) is 0 Å². The van der Waals surface area contributed by atoms with E-state index in [1.165, 1.54) is 25.5 Å². The van der Waals surface area contributed by atoms with Gasteiger partial charge in [0.25, 0.3) is 0 Å². The monoisotopic (exact) mass is 251 g/mol. The summed E-state index contributed by atoms with van der Waals surface area (Å²) in [5, 5.41) is 16.7. The summed E-state index contributed by atoms with van der Waals surface area (Å²) in [6.45, 7) is 3.14. The second kappa shape index (κ2) is 7.35. The first kappa shape index (κ1) is 13.3. The zero-order valence-corrected chi connectivity index (χ0v) is 10.5. The quantitative estimate of drug-likeness (QED) is 0.619. The minimum absolute atomic E-state index is 0.465. The van der Waals surface area contributed by atoms with Crippen LogP contribution in [0.15, 0.2) is 12.7 Å². The van der Waals surface area contributed by atoms with E-state index in [1.807, 2.05) is 0 Å². The van der Waals surface area contributed by atoms with Crippen molar-refractivity contribution in [3.05, 3.63) is 18.5 Å². The molecule has 1 aromatic heterocycles. The molecule has 0 saturated carbocycles. The molecular formula is C12H21N5O. The highest BCUT2D eigenvalue weighted by Crippen LogP contribution is 2.12. The Hall–Kier alpha value is -1.11.